The highest BCUT2D eigenvalue weighted by Crippen LogP contribution is 2.29. The number of rotatable bonds is 2. The van der Waals surface area contributed by atoms with Crippen LogP contribution in [0, 0.1) is 5.92 Å². The van der Waals surface area contributed by atoms with E-state index in [1.165, 1.54) is 12.4 Å². The average Bonchev–Trinajstić information content (AvgIpc) is 2.88. The summed E-state index contributed by atoms with van der Waals surface area (Å²) in [6, 6.07) is 2.30. The van der Waals surface area contributed by atoms with Gasteiger partial charge in [0.05, 0.1) is 23.6 Å². The van der Waals surface area contributed by atoms with Crippen molar-refractivity contribution < 1.29 is 18.0 Å². The standard InChI is InChI=1S/C16H21N3O4S/c1-11(2)15(20)18-7-8-19(14-10-24(22,23)9-13(14)18)16(21)12-3-5-17-6-4-12/h3-6,11,13-14H,7-10H2,1-2H3/t13-,14+/m0/s1. The number of hydrogen-bond acceptors (Lipinski definition) is 5. The Morgan fingerprint density at radius 3 is 2.21 bits per heavy atom. The SMILES string of the molecule is CC(C)C(=O)N1CCN(C(=O)c2ccncc2)[C@@H]2CS(=O)(=O)C[C@@H]21. The molecule has 0 aromatic carbocycles. The van der Waals surface area contributed by atoms with E-state index in [1.807, 2.05) is 0 Å². The van der Waals surface area contributed by atoms with Crippen molar-refractivity contribution in [2.24, 2.45) is 5.92 Å². The van der Waals surface area contributed by atoms with Crippen LogP contribution in [0.3, 0.4) is 0 Å². The van der Waals surface area contributed by atoms with E-state index in [0.29, 0.717) is 18.7 Å². The van der Waals surface area contributed by atoms with Gasteiger partial charge in [-0.15, -0.1) is 0 Å². The molecule has 0 unspecified atom stereocenters. The number of piperazine rings is 1. The first-order chi connectivity index (χ1) is 11.3. The molecule has 0 N–H and O–H groups in total. The second-order valence-corrected chi connectivity index (χ2v) is 8.79. The predicted octanol–water partition coefficient (Wildman–Crippen LogP) is 0.188. The van der Waals surface area contributed by atoms with E-state index in [4.69, 9.17) is 0 Å². The van der Waals surface area contributed by atoms with Crippen LogP contribution in [-0.2, 0) is 14.6 Å². The van der Waals surface area contributed by atoms with Crippen LogP contribution in [0.4, 0.5) is 0 Å². The van der Waals surface area contributed by atoms with Gasteiger partial charge in [0.2, 0.25) is 5.91 Å². The quantitative estimate of drug-likeness (QED) is 0.759. The minimum absolute atomic E-state index is 0.0573. The maximum atomic E-state index is 12.8. The number of aromatic nitrogens is 1. The Balaban J connectivity index is 1.90. The predicted molar refractivity (Wildman–Crippen MR) is 88.1 cm³/mol. The van der Waals surface area contributed by atoms with Crippen LogP contribution in [0.2, 0.25) is 0 Å². The van der Waals surface area contributed by atoms with Gasteiger partial charge in [0, 0.05) is 37.0 Å². The molecule has 0 aliphatic carbocycles. The van der Waals surface area contributed by atoms with Crippen LogP contribution in [0.1, 0.15) is 24.2 Å². The molecule has 8 heteroatoms. The molecule has 24 heavy (non-hydrogen) atoms. The Bertz CT molecular complexity index is 748. The van der Waals surface area contributed by atoms with Crippen molar-refractivity contribution >= 4 is 21.7 Å². The summed E-state index contributed by atoms with van der Waals surface area (Å²) in [4.78, 5) is 32.3. The number of carbonyl (C=O) groups is 2. The summed E-state index contributed by atoms with van der Waals surface area (Å²) in [5.74, 6) is -0.622. The van der Waals surface area contributed by atoms with Crippen LogP contribution < -0.4 is 0 Å². The minimum atomic E-state index is -3.27. The minimum Gasteiger partial charge on any atom is -0.335 e. The van der Waals surface area contributed by atoms with Crippen LogP contribution >= 0.6 is 0 Å². The summed E-state index contributed by atoms with van der Waals surface area (Å²) in [6.07, 6.45) is 3.07. The highest BCUT2D eigenvalue weighted by molar-refractivity contribution is 7.91. The molecule has 0 radical (unpaired) electrons. The van der Waals surface area contributed by atoms with Gasteiger partial charge in [-0.3, -0.25) is 14.6 Å². The molecule has 0 saturated carbocycles. The summed E-state index contributed by atoms with van der Waals surface area (Å²) < 4.78 is 24.3. The Hall–Kier alpha value is -1.96. The van der Waals surface area contributed by atoms with E-state index in [2.05, 4.69) is 4.98 Å². The Morgan fingerprint density at radius 2 is 1.62 bits per heavy atom. The van der Waals surface area contributed by atoms with E-state index in [9.17, 15) is 18.0 Å². The lowest BCUT2D eigenvalue weighted by atomic mass is 10.0. The zero-order chi connectivity index (χ0) is 17.5. The molecule has 2 fully saturated rings. The second-order valence-electron chi connectivity index (χ2n) is 6.63. The molecule has 2 atom stereocenters. The topological polar surface area (TPSA) is 87.7 Å². The van der Waals surface area contributed by atoms with Crippen molar-refractivity contribution in [3.05, 3.63) is 30.1 Å². The molecule has 3 rings (SSSR count). The van der Waals surface area contributed by atoms with Crippen molar-refractivity contribution in [1.82, 2.24) is 14.8 Å². The summed E-state index contributed by atoms with van der Waals surface area (Å²) in [5, 5.41) is 0. The van der Waals surface area contributed by atoms with Crippen LogP contribution in [0.25, 0.3) is 0 Å². The largest absolute Gasteiger partial charge is 0.335 e. The number of pyridine rings is 1. The van der Waals surface area contributed by atoms with Gasteiger partial charge in [-0.1, -0.05) is 13.8 Å². The first-order valence-corrected chi connectivity index (χ1v) is 9.84. The zero-order valence-corrected chi connectivity index (χ0v) is 14.6. The monoisotopic (exact) mass is 351 g/mol. The molecular formula is C16H21N3O4S. The van der Waals surface area contributed by atoms with Gasteiger partial charge < -0.3 is 9.80 Å². The van der Waals surface area contributed by atoms with Gasteiger partial charge in [-0.05, 0) is 12.1 Å². The lowest BCUT2D eigenvalue weighted by molar-refractivity contribution is -0.139. The number of sulfone groups is 1. The third kappa shape index (κ3) is 3.02. The molecule has 2 saturated heterocycles. The number of hydrogen-bond donors (Lipinski definition) is 0. The molecule has 2 aliphatic heterocycles. The summed E-state index contributed by atoms with van der Waals surface area (Å²) in [5.41, 5.74) is 0.483. The van der Waals surface area contributed by atoms with Crippen molar-refractivity contribution in [2.75, 3.05) is 24.6 Å². The van der Waals surface area contributed by atoms with E-state index < -0.39 is 21.9 Å². The van der Waals surface area contributed by atoms with Crippen molar-refractivity contribution in [3.63, 3.8) is 0 Å². The molecule has 1 aromatic rings. The highest BCUT2D eigenvalue weighted by Gasteiger charge is 2.49. The van der Waals surface area contributed by atoms with Crippen molar-refractivity contribution in [2.45, 2.75) is 25.9 Å². The van der Waals surface area contributed by atoms with Gasteiger partial charge in [-0.2, -0.15) is 0 Å². The molecule has 2 aliphatic rings. The van der Waals surface area contributed by atoms with Gasteiger partial charge >= 0.3 is 0 Å². The van der Waals surface area contributed by atoms with Crippen LogP contribution in [-0.4, -0.2) is 71.7 Å². The van der Waals surface area contributed by atoms with E-state index in [-0.39, 0.29) is 29.2 Å². The van der Waals surface area contributed by atoms with Gasteiger partial charge in [0.1, 0.15) is 0 Å². The fourth-order valence-corrected chi connectivity index (χ4v) is 5.45. The Kier molecular flexibility index (Phi) is 4.33. The number of nitrogens with zero attached hydrogens (tertiary/aromatic N) is 3. The summed E-state index contributed by atoms with van der Waals surface area (Å²) in [6.45, 7) is 4.31. The van der Waals surface area contributed by atoms with Crippen LogP contribution in [0.15, 0.2) is 24.5 Å². The maximum Gasteiger partial charge on any atom is 0.254 e. The van der Waals surface area contributed by atoms with E-state index in [0.717, 1.165) is 0 Å². The third-order valence-corrected chi connectivity index (χ3v) is 6.34. The fourth-order valence-electron chi connectivity index (χ4n) is 3.47. The smallest absolute Gasteiger partial charge is 0.254 e. The first-order valence-electron chi connectivity index (χ1n) is 8.02. The molecule has 3 heterocycles. The fraction of sp³-hybridized carbons (Fsp3) is 0.562. The maximum absolute atomic E-state index is 12.8. The molecule has 1 aromatic heterocycles. The van der Waals surface area contributed by atoms with Gasteiger partial charge in [-0.25, -0.2) is 8.42 Å². The van der Waals surface area contributed by atoms with Crippen molar-refractivity contribution in [1.29, 1.82) is 0 Å². The molecule has 2 amide bonds. The lowest BCUT2D eigenvalue weighted by Gasteiger charge is -2.44. The number of carbonyl (C=O) groups excluding carboxylic acids is 2. The summed E-state index contributed by atoms with van der Waals surface area (Å²) in [7, 11) is -3.27. The Labute approximate surface area is 141 Å². The normalized spacial score (nSPS) is 25.6. The van der Waals surface area contributed by atoms with Crippen molar-refractivity contribution in [3.8, 4) is 0 Å². The summed E-state index contributed by atoms with van der Waals surface area (Å²) >= 11 is 0. The first kappa shape index (κ1) is 16.9. The molecule has 0 bridgehead atoms. The molecule has 7 nitrogen and oxygen atoms in total. The van der Waals surface area contributed by atoms with E-state index >= 15 is 0 Å². The number of amides is 2. The number of fused-ring (bicyclic) bond motifs is 1. The van der Waals surface area contributed by atoms with Gasteiger partial charge in [0.25, 0.3) is 5.91 Å². The lowest BCUT2D eigenvalue weighted by Crippen LogP contribution is -2.62. The molecule has 130 valence electrons. The van der Waals surface area contributed by atoms with E-state index in [1.54, 1.807) is 35.8 Å². The Morgan fingerprint density at radius 1 is 1.08 bits per heavy atom. The second kappa shape index (κ2) is 6.16. The van der Waals surface area contributed by atoms with Crippen LogP contribution in [0.5, 0.6) is 0 Å². The molecular weight excluding hydrogens is 330 g/mol. The van der Waals surface area contributed by atoms with Gasteiger partial charge in [0.15, 0.2) is 9.84 Å². The zero-order valence-electron chi connectivity index (χ0n) is 13.8. The average molecular weight is 351 g/mol. The highest BCUT2D eigenvalue weighted by atomic mass is 32.2. The third-order valence-electron chi connectivity index (χ3n) is 4.64. The molecule has 0 spiro atoms.